The van der Waals surface area contributed by atoms with Crippen LogP contribution < -0.4 is 10.2 Å². The van der Waals surface area contributed by atoms with Crippen LogP contribution in [0.25, 0.3) is 0 Å². The van der Waals surface area contributed by atoms with Crippen molar-refractivity contribution in [2.75, 3.05) is 6.61 Å². The van der Waals surface area contributed by atoms with Crippen LogP contribution in [0.2, 0.25) is 0 Å². The second kappa shape index (κ2) is 8.84. The zero-order valence-electron chi connectivity index (χ0n) is 16.5. The molecule has 1 aliphatic rings. The number of nitrogens with zero attached hydrogens (tertiary/aromatic N) is 1. The summed E-state index contributed by atoms with van der Waals surface area (Å²) in [5.41, 5.74) is 2.51. The number of hydrogen-bond donors (Lipinski definition) is 2. The molecule has 6 nitrogen and oxygen atoms in total. The summed E-state index contributed by atoms with van der Waals surface area (Å²) in [5.74, 6) is -0.572. The molecule has 0 aromatic heterocycles. The zero-order chi connectivity index (χ0) is 20.5. The lowest BCUT2D eigenvalue weighted by Gasteiger charge is -2.34. The smallest absolute Gasteiger partial charge is 0.274 e. The van der Waals surface area contributed by atoms with Gasteiger partial charge >= 0.3 is 0 Å². The molecule has 2 aromatic carbocycles. The van der Waals surface area contributed by atoms with Crippen molar-refractivity contribution in [2.24, 2.45) is 0 Å². The van der Waals surface area contributed by atoms with Gasteiger partial charge in [0.15, 0.2) is 0 Å². The Labute approximate surface area is 176 Å². The molecule has 0 spiro atoms. The number of halogens is 1. The number of fused-ring (bicyclic) bond motifs is 1. The van der Waals surface area contributed by atoms with Gasteiger partial charge in [-0.1, -0.05) is 18.2 Å². The van der Waals surface area contributed by atoms with Crippen LogP contribution in [0, 0.1) is 5.82 Å². The van der Waals surface area contributed by atoms with Gasteiger partial charge in [-0.05, 0) is 50.6 Å². The highest BCUT2D eigenvalue weighted by atomic mass is 32.1. The van der Waals surface area contributed by atoms with E-state index in [1.165, 1.54) is 12.1 Å². The van der Waals surface area contributed by atoms with Gasteiger partial charge in [0.25, 0.3) is 5.91 Å². The summed E-state index contributed by atoms with van der Waals surface area (Å²) in [6, 6.07) is 10.6. The van der Waals surface area contributed by atoms with E-state index in [2.05, 4.69) is 0 Å². The van der Waals surface area contributed by atoms with E-state index in [-0.39, 0.29) is 43.4 Å². The van der Waals surface area contributed by atoms with Gasteiger partial charge in [-0.3, -0.25) is 14.8 Å². The van der Waals surface area contributed by atoms with Gasteiger partial charge in [0.2, 0.25) is 5.91 Å². The molecule has 29 heavy (non-hydrogen) atoms. The second-order valence-corrected chi connectivity index (χ2v) is 7.49. The Hall–Kier alpha value is -2.58. The maximum Gasteiger partial charge on any atom is 0.274 e. The van der Waals surface area contributed by atoms with Crippen molar-refractivity contribution < 1.29 is 23.9 Å². The Bertz CT molecular complexity index is 902. The molecule has 0 fully saturated rings. The largest absolute Gasteiger partial charge is 0.491 e. The third-order valence-corrected chi connectivity index (χ3v) is 5.15. The highest BCUT2D eigenvalue weighted by Crippen LogP contribution is 2.32. The van der Waals surface area contributed by atoms with E-state index in [4.69, 9.17) is 9.94 Å². The highest BCUT2D eigenvalue weighted by Gasteiger charge is 2.37. The SMILES string of the molecule is C[C@H]1COc2cc(C(=O)NO)ccc2CN1C(=O)C(C)(C)c1ccc(F)cc1.S. The van der Waals surface area contributed by atoms with E-state index in [9.17, 15) is 14.0 Å². The summed E-state index contributed by atoms with van der Waals surface area (Å²) < 4.78 is 19.1. The molecule has 0 aliphatic carbocycles. The third-order valence-electron chi connectivity index (χ3n) is 5.15. The lowest BCUT2D eigenvalue weighted by atomic mass is 9.82. The average Bonchev–Trinajstić information content (AvgIpc) is 2.85. The van der Waals surface area contributed by atoms with Crippen LogP contribution in [-0.2, 0) is 16.8 Å². The summed E-state index contributed by atoms with van der Waals surface area (Å²) >= 11 is 0. The summed E-state index contributed by atoms with van der Waals surface area (Å²) in [7, 11) is 0. The Morgan fingerprint density at radius 1 is 1.21 bits per heavy atom. The molecular formula is C21H25FN2O4S. The number of carbonyl (C=O) groups is 2. The first-order chi connectivity index (χ1) is 13.2. The average molecular weight is 421 g/mol. The van der Waals surface area contributed by atoms with E-state index >= 15 is 0 Å². The molecule has 1 atom stereocenters. The molecule has 2 N–H and O–H groups in total. The van der Waals surface area contributed by atoms with Crippen molar-refractivity contribution >= 4 is 25.3 Å². The summed E-state index contributed by atoms with van der Waals surface area (Å²) in [5, 5.41) is 8.80. The molecule has 2 amide bonds. The van der Waals surface area contributed by atoms with E-state index < -0.39 is 11.3 Å². The molecular weight excluding hydrogens is 395 g/mol. The van der Waals surface area contributed by atoms with Gasteiger partial charge in [0.05, 0.1) is 11.5 Å². The molecule has 0 unspecified atom stereocenters. The number of rotatable bonds is 3. The van der Waals surface area contributed by atoms with E-state index in [1.54, 1.807) is 40.7 Å². The number of hydroxylamine groups is 1. The minimum atomic E-state index is -0.844. The molecule has 3 rings (SSSR count). The fourth-order valence-corrected chi connectivity index (χ4v) is 3.29. The van der Waals surface area contributed by atoms with Crippen molar-refractivity contribution in [2.45, 2.75) is 38.8 Å². The van der Waals surface area contributed by atoms with Gasteiger partial charge in [-0.25, -0.2) is 9.87 Å². The lowest BCUT2D eigenvalue weighted by molar-refractivity contribution is -0.139. The lowest BCUT2D eigenvalue weighted by Crippen LogP contribution is -2.48. The fraction of sp³-hybridized carbons (Fsp3) is 0.333. The monoisotopic (exact) mass is 420 g/mol. The highest BCUT2D eigenvalue weighted by molar-refractivity contribution is 7.59. The minimum absolute atomic E-state index is 0. The maximum absolute atomic E-state index is 13.4. The number of benzene rings is 2. The Kier molecular flexibility index (Phi) is 6.92. The molecule has 8 heteroatoms. The molecule has 0 saturated carbocycles. The van der Waals surface area contributed by atoms with Gasteiger partial charge in [-0.2, -0.15) is 13.5 Å². The molecule has 2 aromatic rings. The second-order valence-electron chi connectivity index (χ2n) is 7.49. The summed E-state index contributed by atoms with van der Waals surface area (Å²) in [6.45, 7) is 6.11. The minimum Gasteiger partial charge on any atom is -0.491 e. The number of carbonyl (C=O) groups excluding carboxylic acids is 2. The molecule has 0 radical (unpaired) electrons. The first kappa shape index (κ1) is 22.7. The standard InChI is InChI=1S/C21H23FN2O4.H2S/c1-13-12-28-18-10-14(19(25)23-27)4-5-15(18)11-24(13)20(26)21(2,3)16-6-8-17(22)9-7-16;/h4-10,13,27H,11-12H2,1-3H3,(H,23,25);1H2/t13-;/m0./s1. The first-order valence-corrected chi connectivity index (χ1v) is 9.01. The van der Waals surface area contributed by atoms with Gasteiger partial charge < -0.3 is 9.64 Å². The normalized spacial score (nSPS) is 16.0. The van der Waals surface area contributed by atoms with Gasteiger partial charge in [-0.15, -0.1) is 0 Å². The van der Waals surface area contributed by atoms with Crippen molar-refractivity contribution in [1.82, 2.24) is 10.4 Å². The van der Waals surface area contributed by atoms with Gasteiger partial charge in [0.1, 0.15) is 18.2 Å². The van der Waals surface area contributed by atoms with Crippen molar-refractivity contribution in [3.05, 3.63) is 65.0 Å². The van der Waals surface area contributed by atoms with Crippen LogP contribution in [0.15, 0.2) is 42.5 Å². The summed E-state index contributed by atoms with van der Waals surface area (Å²) in [6.07, 6.45) is 0. The first-order valence-electron chi connectivity index (χ1n) is 9.01. The number of hydrogen-bond acceptors (Lipinski definition) is 4. The Morgan fingerprint density at radius 3 is 2.48 bits per heavy atom. The molecule has 0 saturated heterocycles. The summed E-state index contributed by atoms with van der Waals surface area (Å²) in [4.78, 5) is 26.7. The maximum atomic E-state index is 13.4. The van der Waals surface area contributed by atoms with E-state index in [1.807, 2.05) is 20.8 Å². The van der Waals surface area contributed by atoms with Crippen LogP contribution in [-0.4, -0.2) is 34.6 Å². The fourth-order valence-electron chi connectivity index (χ4n) is 3.29. The number of nitrogens with one attached hydrogen (secondary N) is 1. The van der Waals surface area contributed by atoms with Crippen molar-refractivity contribution in [3.8, 4) is 5.75 Å². The van der Waals surface area contributed by atoms with E-state index in [0.717, 1.165) is 11.1 Å². The topological polar surface area (TPSA) is 78.9 Å². The quantitative estimate of drug-likeness (QED) is 0.591. The van der Waals surface area contributed by atoms with Crippen LogP contribution in [0.5, 0.6) is 5.75 Å². The Balaban J connectivity index is 0.00000300. The van der Waals surface area contributed by atoms with Crippen LogP contribution in [0.4, 0.5) is 4.39 Å². The van der Waals surface area contributed by atoms with Crippen molar-refractivity contribution in [1.29, 1.82) is 0 Å². The number of ether oxygens (including phenoxy) is 1. The van der Waals surface area contributed by atoms with Crippen LogP contribution in [0.3, 0.4) is 0 Å². The van der Waals surface area contributed by atoms with Crippen LogP contribution in [0.1, 0.15) is 42.3 Å². The zero-order valence-corrected chi connectivity index (χ0v) is 17.5. The molecule has 156 valence electrons. The van der Waals surface area contributed by atoms with Gasteiger partial charge in [0, 0.05) is 17.7 Å². The van der Waals surface area contributed by atoms with E-state index in [0.29, 0.717) is 12.3 Å². The molecule has 1 aliphatic heterocycles. The van der Waals surface area contributed by atoms with Crippen LogP contribution >= 0.6 is 13.5 Å². The number of amides is 2. The molecule has 1 heterocycles. The predicted octanol–water partition coefficient (Wildman–Crippen LogP) is 3.14. The molecule has 0 bridgehead atoms. The Morgan fingerprint density at radius 2 is 1.86 bits per heavy atom. The van der Waals surface area contributed by atoms with Crippen molar-refractivity contribution in [3.63, 3.8) is 0 Å². The third kappa shape index (κ3) is 4.54. The predicted molar refractivity (Wildman–Crippen MR) is 111 cm³/mol.